The lowest BCUT2D eigenvalue weighted by molar-refractivity contribution is 0.317. The molecule has 0 bridgehead atoms. The van der Waals surface area contributed by atoms with Crippen molar-refractivity contribution in [2.24, 2.45) is 0 Å². The van der Waals surface area contributed by atoms with Gasteiger partial charge in [-0.05, 0) is 6.92 Å². The number of aromatic hydroxyl groups is 1. The van der Waals surface area contributed by atoms with Gasteiger partial charge >= 0.3 is 0 Å². The maximum atomic E-state index is 10.0. The zero-order valence-electron chi connectivity index (χ0n) is 9.90. The molecule has 92 valence electrons. The average molecular weight is 238 g/mol. The summed E-state index contributed by atoms with van der Waals surface area (Å²) in [4.78, 5) is 4.12. The fourth-order valence-corrected chi connectivity index (χ4v) is 1.70. The lowest BCUT2D eigenvalue weighted by Gasteiger charge is -2.12. The quantitative estimate of drug-likeness (QED) is 0.793. The Hall–Kier alpha value is -2.11. The Bertz CT molecular complexity index is 562. The molecule has 17 heavy (non-hydrogen) atoms. The van der Waals surface area contributed by atoms with E-state index in [9.17, 15) is 5.11 Å². The highest BCUT2D eigenvalue weighted by Gasteiger charge is 2.23. The first-order valence-electron chi connectivity index (χ1n) is 5.18. The monoisotopic (exact) mass is 238 g/mol. The van der Waals surface area contributed by atoms with Crippen LogP contribution >= 0.6 is 0 Å². The maximum Gasteiger partial charge on any atom is 0.206 e. The van der Waals surface area contributed by atoms with Gasteiger partial charge in [-0.25, -0.2) is 4.98 Å². The summed E-state index contributed by atoms with van der Waals surface area (Å²) in [6.07, 6.45) is 0. The molecule has 0 amide bonds. The zero-order chi connectivity index (χ0) is 12.6. The number of aryl methyl sites for hydroxylation is 1. The molecule has 0 saturated carbocycles. The third-order valence-corrected chi connectivity index (χ3v) is 2.36. The summed E-state index contributed by atoms with van der Waals surface area (Å²) >= 11 is 0. The van der Waals surface area contributed by atoms with Crippen molar-refractivity contribution in [1.29, 1.82) is 0 Å². The number of methoxy groups -OCH3 is 1. The van der Waals surface area contributed by atoms with Gasteiger partial charge < -0.3 is 24.7 Å². The van der Waals surface area contributed by atoms with Crippen LogP contribution in [-0.4, -0.2) is 23.8 Å². The molecule has 1 aromatic heterocycles. The van der Waals surface area contributed by atoms with E-state index in [1.165, 1.54) is 7.11 Å². The van der Waals surface area contributed by atoms with E-state index in [-0.39, 0.29) is 22.8 Å². The van der Waals surface area contributed by atoms with Crippen molar-refractivity contribution in [2.45, 2.75) is 13.8 Å². The molecule has 0 atom stereocenters. The van der Waals surface area contributed by atoms with Gasteiger partial charge in [0, 0.05) is 6.92 Å². The Labute approximate surface area is 97.9 Å². The number of nitrogens with zero attached hydrogens (tertiary/aromatic N) is 1. The van der Waals surface area contributed by atoms with Crippen LogP contribution < -0.4 is 15.2 Å². The van der Waals surface area contributed by atoms with Gasteiger partial charge in [0.2, 0.25) is 11.3 Å². The van der Waals surface area contributed by atoms with Crippen molar-refractivity contribution in [3.63, 3.8) is 0 Å². The summed E-state index contributed by atoms with van der Waals surface area (Å²) in [5.41, 5.74) is 6.69. The lowest BCUT2D eigenvalue weighted by atomic mass is 10.2. The van der Waals surface area contributed by atoms with Gasteiger partial charge in [-0.3, -0.25) is 0 Å². The fourth-order valence-electron chi connectivity index (χ4n) is 1.70. The molecular formula is C11H14N2O4. The predicted octanol–water partition coefficient (Wildman–Crippen LogP) is 1.83. The molecule has 0 aliphatic rings. The summed E-state index contributed by atoms with van der Waals surface area (Å²) in [5, 5.41) is 10.0. The molecule has 0 aliphatic carbocycles. The minimum atomic E-state index is -0.152. The van der Waals surface area contributed by atoms with E-state index in [2.05, 4.69) is 4.98 Å². The standard InChI is InChI=1S/C11H14N2O4/c1-4-16-10-6(12)9(15-3)7-11(8(10)14)17-5(2)13-7/h14H,4,12H2,1-3H3. The van der Waals surface area contributed by atoms with Crippen molar-refractivity contribution in [3.05, 3.63) is 5.89 Å². The van der Waals surface area contributed by atoms with Crippen LogP contribution in [0.2, 0.25) is 0 Å². The minimum Gasteiger partial charge on any atom is -0.502 e. The molecule has 0 saturated heterocycles. The van der Waals surface area contributed by atoms with Crippen molar-refractivity contribution >= 4 is 16.8 Å². The molecule has 2 aromatic rings. The number of nitrogens with two attached hydrogens (primary N) is 1. The number of fused-ring (bicyclic) bond motifs is 1. The second-order valence-electron chi connectivity index (χ2n) is 3.47. The smallest absolute Gasteiger partial charge is 0.206 e. The maximum absolute atomic E-state index is 10.0. The van der Waals surface area contributed by atoms with Crippen LogP contribution in [0.1, 0.15) is 12.8 Å². The van der Waals surface area contributed by atoms with Crippen molar-refractivity contribution in [1.82, 2.24) is 4.98 Å². The topological polar surface area (TPSA) is 90.7 Å². The molecule has 0 spiro atoms. The highest BCUT2D eigenvalue weighted by atomic mass is 16.5. The van der Waals surface area contributed by atoms with Gasteiger partial charge in [0.15, 0.2) is 22.9 Å². The number of nitrogen functional groups attached to an aromatic ring is 1. The molecule has 0 radical (unpaired) electrons. The van der Waals surface area contributed by atoms with Crippen LogP contribution in [0.3, 0.4) is 0 Å². The molecular weight excluding hydrogens is 224 g/mol. The van der Waals surface area contributed by atoms with Gasteiger partial charge in [0.05, 0.1) is 13.7 Å². The Balaban J connectivity index is 2.83. The fraction of sp³-hybridized carbons (Fsp3) is 0.364. The van der Waals surface area contributed by atoms with E-state index < -0.39 is 0 Å². The van der Waals surface area contributed by atoms with Gasteiger partial charge in [0.1, 0.15) is 5.69 Å². The second kappa shape index (κ2) is 4.04. The molecule has 1 aromatic carbocycles. The molecule has 0 fully saturated rings. The highest BCUT2D eigenvalue weighted by Crippen LogP contribution is 2.47. The van der Waals surface area contributed by atoms with E-state index in [0.29, 0.717) is 23.8 Å². The zero-order valence-corrected chi connectivity index (χ0v) is 9.90. The number of anilines is 1. The number of aromatic nitrogens is 1. The number of phenols is 1. The number of benzene rings is 1. The van der Waals surface area contributed by atoms with Crippen molar-refractivity contribution in [3.8, 4) is 17.2 Å². The van der Waals surface area contributed by atoms with Gasteiger partial charge in [0.25, 0.3) is 0 Å². The number of oxazole rings is 1. The van der Waals surface area contributed by atoms with Gasteiger partial charge in [-0.15, -0.1) is 0 Å². The van der Waals surface area contributed by atoms with Crippen LogP contribution in [0.4, 0.5) is 5.69 Å². The summed E-state index contributed by atoms with van der Waals surface area (Å²) in [7, 11) is 1.47. The summed E-state index contributed by atoms with van der Waals surface area (Å²) < 4.78 is 15.8. The average Bonchev–Trinajstić information content (AvgIpc) is 2.67. The van der Waals surface area contributed by atoms with Crippen molar-refractivity contribution < 1.29 is 19.0 Å². The van der Waals surface area contributed by atoms with Crippen LogP contribution in [0, 0.1) is 6.92 Å². The Kier molecular flexibility index (Phi) is 2.71. The minimum absolute atomic E-state index is 0.152. The molecule has 0 aliphatic heterocycles. The van der Waals surface area contributed by atoms with E-state index in [4.69, 9.17) is 19.6 Å². The Morgan fingerprint density at radius 1 is 1.41 bits per heavy atom. The van der Waals surface area contributed by atoms with Crippen LogP contribution in [0.25, 0.3) is 11.1 Å². The van der Waals surface area contributed by atoms with E-state index in [1.54, 1.807) is 13.8 Å². The normalized spacial score (nSPS) is 10.8. The van der Waals surface area contributed by atoms with Gasteiger partial charge in [-0.1, -0.05) is 0 Å². The molecule has 1 heterocycles. The summed E-state index contributed by atoms with van der Waals surface area (Å²) in [5.74, 6) is 0.772. The molecule has 0 unspecified atom stereocenters. The first-order valence-corrected chi connectivity index (χ1v) is 5.18. The lowest BCUT2D eigenvalue weighted by Crippen LogP contribution is -2.00. The molecule has 6 heteroatoms. The van der Waals surface area contributed by atoms with Crippen LogP contribution in [0.5, 0.6) is 17.2 Å². The Morgan fingerprint density at radius 2 is 2.12 bits per heavy atom. The number of hydrogen-bond donors (Lipinski definition) is 2. The number of rotatable bonds is 3. The highest BCUT2D eigenvalue weighted by molar-refractivity contribution is 5.95. The largest absolute Gasteiger partial charge is 0.502 e. The first kappa shape index (κ1) is 11.4. The summed E-state index contributed by atoms with van der Waals surface area (Å²) in [6, 6.07) is 0. The third kappa shape index (κ3) is 1.61. The molecule has 6 nitrogen and oxygen atoms in total. The van der Waals surface area contributed by atoms with E-state index >= 15 is 0 Å². The van der Waals surface area contributed by atoms with Gasteiger partial charge in [-0.2, -0.15) is 0 Å². The Morgan fingerprint density at radius 3 is 2.71 bits per heavy atom. The van der Waals surface area contributed by atoms with Crippen molar-refractivity contribution in [2.75, 3.05) is 19.5 Å². The second-order valence-corrected chi connectivity index (χ2v) is 3.47. The first-order chi connectivity index (χ1) is 8.10. The summed E-state index contributed by atoms with van der Waals surface area (Å²) in [6.45, 7) is 3.84. The molecule has 3 N–H and O–H groups in total. The SMILES string of the molecule is CCOc1c(N)c(OC)c2nc(C)oc2c1O. The van der Waals surface area contributed by atoms with Crippen LogP contribution in [-0.2, 0) is 0 Å². The number of hydrogen-bond acceptors (Lipinski definition) is 6. The van der Waals surface area contributed by atoms with E-state index in [1.807, 2.05) is 0 Å². The van der Waals surface area contributed by atoms with Crippen LogP contribution in [0.15, 0.2) is 4.42 Å². The molecule has 2 rings (SSSR count). The predicted molar refractivity (Wildman–Crippen MR) is 62.5 cm³/mol. The third-order valence-electron chi connectivity index (χ3n) is 2.36. The number of phenolic OH excluding ortho intramolecular Hbond substituents is 1. The number of ether oxygens (including phenoxy) is 2. The van der Waals surface area contributed by atoms with E-state index in [0.717, 1.165) is 0 Å².